The molecule has 1 heterocycles. The van der Waals surface area contributed by atoms with Gasteiger partial charge in [-0.3, -0.25) is 4.79 Å². The van der Waals surface area contributed by atoms with Crippen LogP contribution in [0, 0.1) is 12.7 Å². The van der Waals surface area contributed by atoms with Crippen molar-refractivity contribution in [3.63, 3.8) is 0 Å². The lowest BCUT2D eigenvalue weighted by atomic mass is 10.2. The highest BCUT2D eigenvalue weighted by atomic mass is 32.1. The molecule has 0 aliphatic heterocycles. The lowest BCUT2D eigenvalue weighted by molar-refractivity contribution is -0.115. The Balaban J connectivity index is 2.05. The maximum atomic E-state index is 13.0. The van der Waals surface area contributed by atoms with E-state index < -0.39 is 0 Å². The number of nitrogens with one attached hydrogen (secondary N) is 1. The number of hydrogen-bond donors (Lipinski definition) is 1. The summed E-state index contributed by atoms with van der Waals surface area (Å²) in [5, 5.41) is 6.57. The molecule has 0 radical (unpaired) electrons. The normalized spacial score (nSPS) is 10.2. The average Bonchev–Trinajstić information content (AvgIpc) is 2.76. The van der Waals surface area contributed by atoms with Gasteiger partial charge in [0.1, 0.15) is 5.82 Å². The van der Waals surface area contributed by atoms with Crippen molar-refractivity contribution < 1.29 is 9.18 Å². The zero-order valence-corrected chi connectivity index (χ0v) is 10.2. The maximum Gasteiger partial charge on any atom is 0.228 e. The fourth-order valence-corrected chi connectivity index (χ4v) is 2.17. The summed E-state index contributed by atoms with van der Waals surface area (Å²) in [4.78, 5) is 11.7. The van der Waals surface area contributed by atoms with Crippen LogP contribution >= 0.6 is 11.3 Å². The van der Waals surface area contributed by atoms with Gasteiger partial charge in [-0.1, -0.05) is 6.07 Å². The first-order valence-corrected chi connectivity index (χ1v) is 6.16. The minimum Gasteiger partial charge on any atom is -0.325 e. The van der Waals surface area contributed by atoms with E-state index in [0.29, 0.717) is 12.1 Å². The van der Waals surface area contributed by atoms with E-state index in [-0.39, 0.29) is 11.7 Å². The lowest BCUT2D eigenvalue weighted by Gasteiger charge is -2.07. The molecule has 4 heteroatoms. The van der Waals surface area contributed by atoms with E-state index in [1.165, 1.54) is 12.1 Å². The molecule has 1 aromatic carbocycles. The molecule has 0 aliphatic rings. The Hall–Kier alpha value is -1.68. The third-order valence-electron chi connectivity index (χ3n) is 2.42. The second-order valence-electron chi connectivity index (χ2n) is 3.82. The fraction of sp³-hybridized carbons (Fsp3) is 0.154. The second-order valence-corrected chi connectivity index (χ2v) is 4.60. The zero-order chi connectivity index (χ0) is 12.3. The van der Waals surface area contributed by atoms with Gasteiger partial charge < -0.3 is 5.32 Å². The summed E-state index contributed by atoms with van der Waals surface area (Å²) in [6.45, 7) is 1.83. The van der Waals surface area contributed by atoms with Crippen molar-refractivity contribution in [1.29, 1.82) is 0 Å². The van der Waals surface area contributed by atoms with Crippen molar-refractivity contribution >= 4 is 22.9 Å². The van der Waals surface area contributed by atoms with Crippen LogP contribution in [0.3, 0.4) is 0 Å². The minimum atomic E-state index is -0.346. The Labute approximate surface area is 103 Å². The molecule has 2 rings (SSSR count). The Kier molecular flexibility index (Phi) is 3.54. The van der Waals surface area contributed by atoms with E-state index in [4.69, 9.17) is 0 Å². The molecule has 0 unspecified atom stereocenters. The number of aryl methyl sites for hydroxylation is 1. The molecule has 0 fully saturated rings. The molecule has 1 aromatic heterocycles. The molecule has 0 saturated heterocycles. The highest BCUT2D eigenvalue weighted by molar-refractivity contribution is 7.08. The van der Waals surface area contributed by atoms with Gasteiger partial charge in [0.25, 0.3) is 0 Å². The van der Waals surface area contributed by atoms with E-state index in [9.17, 15) is 9.18 Å². The van der Waals surface area contributed by atoms with Gasteiger partial charge in [-0.15, -0.1) is 0 Å². The van der Waals surface area contributed by atoms with Crippen molar-refractivity contribution in [1.82, 2.24) is 0 Å². The standard InChI is InChI=1S/C13H12FNOS/c1-9-2-3-11(14)7-12(9)15-13(16)6-10-4-5-17-8-10/h2-5,7-8H,6H2,1H3,(H,15,16). The van der Waals surface area contributed by atoms with Crippen molar-refractivity contribution in [3.05, 3.63) is 52.0 Å². The first-order chi connectivity index (χ1) is 8.15. The molecule has 2 nitrogen and oxygen atoms in total. The maximum absolute atomic E-state index is 13.0. The van der Waals surface area contributed by atoms with E-state index in [0.717, 1.165) is 11.1 Å². The summed E-state index contributed by atoms with van der Waals surface area (Å²) in [5.41, 5.74) is 2.36. The van der Waals surface area contributed by atoms with Crippen molar-refractivity contribution in [2.45, 2.75) is 13.3 Å². The van der Waals surface area contributed by atoms with Gasteiger partial charge in [0.2, 0.25) is 5.91 Å². The summed E-state index contributed by atoms with van der Waals surface area (Å²) in [7, 11) is 0. The Morgan fingerprint density at radius 1 is 1.41 bits per heavy atom. The van der Waals surface area contributed by atoms with E-state index in [1.807, 2.05) is 23.8 Å². The van der Waals surface area contributed by atoms with Crippen LogP contribution in [0.1, 0.15) is 11.1 Å². The van der Waals surface area contributed by atoms with E-state index in [2.05, 4.69) is 5.32 Å². The molecule has 0 bridgehead atoms. The van der Waals surface area contributed by atoms with Crippen LogP contribution in [-0.2, 0) is 11.2 Å². The number of benzene rings is 1. The van der Waals surface area contributed by atoms with Crippen LogP contribution in [-0.4, -0.2) is 5.91 Å². The number of anilines is 1. The Morgan fingerprint density at radius 3 is 2.94 bits per heavy atom. The first-order valence-electron chi connectivity index (χ1n) is 5.22. The molecule has 0 atom stereocenters. The number of amides is 1. The zero-order valence-electron chi connectivity index (χ0n) is 9.37. The monoisotopic (exact) mass is 249 g/mol. The van der Waals surface area contributed by atoms with Gasteiger partial charge in [0.05, 0.1) is 6.42 Å². The molecule has 0 spiro atoms. The first kappa shape index (κ1) is 11.8. The minimum absolute atomic E-state index is 0.128. The molecule has 17 heavy (non-hydrogen) atoms. The topological polar surface area (TPSA) is 29.1 Å². The molecular weight excluding hydrogens is 237 g/mol. The summed E-state index contributed by atoms with van der Waals surface area (Å²) < 4.78 is 13.0. The number of hydrogen-bond acceptors (Lipinski definition) is 2. The van der Waals surface area contributed by atoms with Crippen molar-refractivity contribution in [2.75, 3.05) is 5.32 Å². The number of thiophene rings is 1. The lowest BCUT2D eigenvalue weighted by Crippen LogP contribution is -2.14. The van der Waals surface area contributed by atoms with Gasteiger partial charge in [-0.05, 0) is 47.0 Å². The average molecular weight is 249 g/mol. The van der Waals surface area contributed by atoms with E-state index >= 15 is 0 Å². The van der Waals surface area contributed by atoms with Crippen LogP contribution in [0.25, 0.3) is 0 Å². The van der Waals surface area contributed by atoms with Crippen molar-refractivity contribution in [2.24, 2.45) is 0 Å². The van der Waals surface area contributed by atoms with Crippen LogP contribution in [0.5, 0.6) is 0 Å². The summed E-state index contributed by atoms with van der Waals surface area (Å²) >= 11 is 1.55. The fourth-order valence-electron chi connectivity index (χ4n) is 1.50. The number of halogens is 1. The molecule has 1 amide bonds. The highest BCUT2D eigenvalue weighted by Crippen LogP contribution is 2.16. The molecule has 0 aliphatic carbocycles. The van der Waals surface area contributed by atoms with Gasteiger partial charge in [-0.2, -0.15) is 11.3 Å². The summed E-state index contributed by atoms with van der Waals surface area (Å²) in [6, 6.07) is 6.27. The number of rotatable bonds is 3. The Morgan fingerprint density at radius 2 is 2.24 bits per heavy atom. The second kappa shape index (κ2) is 5.10. The third-order valence-corrected chi connectivity index (χ3v) is 3.15. The van der Waals surface area contributed by atoms with Gasteiger partial charge in [0.15, 0.2) is 0 Å². The number of carbonyl (C=O) groups is 1. The largest absolute Gasteiger partial charge is 0.325 e. The molecule has 0 saturated carbocycles. The summed E-state index contributed by atoms with van der Waals surface area (Å²) in [6.07, 6.45) is 0.319. The van der Waals surface area contributed by atoms with Crippen LogP contribution in [0.4, 0.5) is 10.1 Å². The molecular formula is C13H12FNOS. The van der Waals surface area contributed by atoms with Crippen LogP contribution in [0.15, 0.2) is 35.0 Å². The van der Waals surface area contributed by atoms with Gasteiger partial charge >= 0.3 is 0 Å². The molecule has 88 valence electrons. The SMILES string of the molecule is Cc1ccc(F)cc1NC(=O)Cc1ccsc1. The molecule has 2 aromatic rings. The quantitative estimate of drug-likeness (QED) is 0.887. The van der Waals surface area contributed by atoms with Gasteiger partial charge in [0, 0.05) is 5.69 Å². The predicted octanol–water partition coefficient (Wildman–Crippen LogP) is 3.38. The third kappa shape index (κ3) is 3.14. The smallest absolute Gasteiger partial charge is 0.228 e. The predicted molar refractivity (Wildman–Crippen MR) is 67.8 cm³/mol. The van der Waals surface area contributed by atoms with Crippen molar-refractivity contribution in [3.8, 4) is 0 Å². The van der Waals surface area contributed by atoms with Crippen LogP contribution in [0.2, 0.25) is 0 Å². The number of carbonyl (C=O) groups excluding carboxylic acids is 1. The molecule has 1 N–H and O–H groups in total. The van der Waals surface area contributed by atoms with E-state index in [1.54, 1.807) is 17.4 Å². The van der Waals surface area contributed by atoms with Crippen LogP contribution < -0.4 is 5.32 Å². The highest BCUT2D eigenvalue weighted by Gasteiger charge is 2.07. The Bertz CT molecular complexity index is 522. The summed E-state index contributed by atoms with van der Waals surface area (Å²) in [5.74, 6) is -0.474. The van der Waals surface area contributed by atoms with Gasteiger partial charge in [-0.25, -0.2) is 4.39 Å².